The van der Waals surface area contributed by atoms with E-state index in [1.807, 2.05) is 20.2 Å². The predicted octanol–water partition coefficient (Wildman–Crippen LogP) is 1.15. The standard InChI is InChI=1S/C11H20N4/c1-9-6-13-11(14-9)15-5-3-4-10(8-15)7-12-2/h6,10,12H,3-5,7-8H2,1-2H3,(H,13,14). The van der Waals surface area contributed by atoms with Crippen molar-refractivity contribution in [1.82, 2.24) is 15.3 Å². The number of hydrogen-bond acceptors (Lipinski definition) is 3. The first-order valence-electron chi connectivity index (χ1n) is 5.70. The number of aryl methyl sites for hydroxylation is 1. The molecule has 15 heavy (non-hydrogen) atoms. The Hall–Kier alpha value is -1.03. The lowest BCUT2D eigenvalue weighted by molar-refractivity contribution is 0.400. The summed E-state index contributed by atoms with van der Waals surface area (Å²) in [5.41, 5.74) is 1.14. The number of aromatic nitrogens is 2. The molecule has 4 heteroatoms. The van der Waals surface area contributed by atoms with E-state index in [1.165, 1.54) is 12.8 Å². The van der Waals surface area contributed by atoms with Gasteiger partial charge in [0.15, 0.2) is 0 Å². The summed E-state index contributed by atoms with van der Waals surface area (Å²) in [6.07, 6.45) is 4.50. The molecule has 1 aliphatic heterocycles. The molecule has 0 bridgehead atoms. The van der Waals surface area contributed by atoms with Gasteiger partial charge in [-0.2, -0.15) is 0 Å². The Labute approximate surface area is 91.1 Å². The van der Waals surface area contributed by atoms with Crippen LogP contribution in [0.3, 0.4) is 0 Å². The van der Waals surface area contributed by atoms with Crippen molar-refractivity contribution in [3.05, 3.63) is 11.9 Å². The van der Waals surface area contributed by atoms with Crippen molar-refractivity contribution < 1.29 is 0 Å². The van der Waals surface area contributed by atoms with Gasteiger partial charge in [0.25, 0.3) is 0 Å². The van der Waals surface area contributed by atoms with Gasteiger partial charge < -0.3 is 15.2 Å². The lowest BCUT2D eigenvalue weighted by atomic mass is 9.98. The molecule has 0 saturated carbocycles. The second kappa shape index (κ2) is 4.66. The van der Waals surface area contributed by atoms with Gasteiger partial charge in [-0.05, 0) is 39.3 Å². The third-order valence-electron chi connectivity index (χ3n) is 3.00. The number of aromatic amines is 1. The van der Waals surface area contributed by atoms with Crippen molar-refractivity contribution in [2.24, 2.45) is 5.92 Å². The number of hydrogen-bond donors (Lipinski definition) is 2. The third-order valence-corrected chi connectivity index (χ3v) is 3.00. The van der Waals surface area contributed by atoms with Gasteiger partial charge in [-0.25, -0.2) is 4.98 Å². The summed E-state index contributed by atoms with van der Waals surface area (Å²) in [5.74, 6) is 1.79. The zero-order valence-electron chi connectivity index (χ0n) is 9.58. The van der Waals surface area contributed by atoms with E-state index in [0.29, 0.717) is 0 Å². The average Bonchev–Trinajstić information content (AvgIpc) is 2.66. The topological polar surface area (TPSA) is 44.0 Å². The summed E-state index contributed by atoms with van der Waals surface area (Å²) in [7, 11) is 2.02. The quantitative estimate of drug-likeness (QED) is 0.783. The Kier molecular flexibility index (Phi) is 3.26. The summed E-state index contributed by atoms with van der Waals surface area (Å²) >= 11 is 0. The first-order chi connectivity index (χ1) is 7.29. The van der Waals surface area contributed by atoms with Crippen LogP contribution in [0.15, 0.2) is 6.20 Å². The number of rotatable bonds is 3. The monoisotopic (exact) mass is 208 g/mol. The Bertz CT molecular complexity index is 305. The normalized spacial score (nSPS) is 22.0. The maximum Gasteiger partial charge on any atom is 0.202 e. The molecule has 2 rings (SSSR count). The fraction of sp³-hybridized carbons (Fsp3) is 0.727. The van der Waals surface area contributed by atoms with Crippen molar-refractivity contribution in [3.8, 4) is 0 Å². The minimum absolute atomic E-state index is 0.758. The molecule has 0 spiro atoms. The minimum atomic E-state index is 0.758. The molecular weight excluding hydrogens is 188 g/mol. The van der Waals surface area contributed by atoms with Crippen LogP contribution in [0.2, 0.25) is 0 Å². The van der Waals surface area contributed by atoms with Crippen LogP contribution in [0.5, 0.6) is 0 Å². The first-order valence-corrected chi connectivity index (χ1v) is 5.70. The average molecular weight is 208 g/mol. The van der Waals surface area contributed by atoms with E-state index < -0.39 is 0 Å². The van der Waals surface area contributed by atoms with Crippen molar-refractivity contribution >= 4 is 5.95 Å². The van der Waals surface area contributed by atoms with Crippen LogP contribution in [0, 0.1) is 12.8 Å². The van der Waals surface area contributed by atoms with Gasteiger partial charge >= 0.3 is 0 Å². The SMILES string of the molecule is CNCC1CCCN(c2ncc(C)[nH]2)C1. The highest BCUT2D eigenvalue weighted by Gasteiger charge is 2.20. The van der Waals surface area contributed by atoms with E-state index in [2.05, 4.69) is 20.2 Å². The molecule has 0 amide bonds. The van der Waals surface area contributed by atoms with Crippen molar-refractivity contribution in [1.29, 1.82) is 0 Å². The molecular formula is C11H20N4. The molecule has 2 N–H and O–H groups in total. The smallest absolute Gasteiger partial charge is 0.202 e. The number of piperidine rings is 1. The van der Waals surface area contributed by atoms with E-state index in [0.717, 1.165) is 37.2 Å². The highest BCUT2D eigenvalue weighted by Crippen LogP contribution is 2.20. The zero-order valence-corrected chi connectivity index (χ0v) is 9.58. The minimum Gasteiger partial charge on any atom is -0.342 e. The Morgan fingerprint density at radius 2 is 2.53 bits per heavy atom. The van der Waals surface area contributed by atoms with Crippen molar-refractivity contribution in [2.75, 3.05) is 31.6 Å². The van der Waals surface area contributed by atoms with E-state index >= 15 is 0 Å². The van der Waals surface area contributed by atoms with E-state index in [9.17, 15) is 0 Å². The van der Waals surface area contributed by atoms with Gasteiger partial charge in [0, 0.05) is 25.0 Å². The molecule has 0 aromatic carbocycles. The lowest BCUT2D eigenvalue weighted by Crippen LogP contribution is -2.39. The Balaban J connectivity index is 1.98. The van der Waals surface area contributed by atoms with Gasteiger partial charge in [0.1, 0.15) is 0 Å². The number of anilines is 1. The fourth-order valence-electron chi connectivity index (χ4n) is 2.27. The Morgan fingerprint density at radius 1 is 1.67 bits per heavy atom. The molecule has 1 aliphatic rings. The second-order valence-electron chi connectivity index (χ2n) is 4.40. The van der Waals surface area contributed by atoms with E-state index in [4.69, 9.17) is 0 Å². The summed E-state index contributed by atoms with van der Waals surface area (Å²) in [5, 5.41) is 3.26. The molecule has 1 saturated heterocycles. The lowest BCUT2D eigenvalue weighted by Gasteiger charge is -2.32. The molecule has 4 nitrogen and oxygen atoms in total. The van der Waals surface area contributed by atoms with Gasteiger partial charge in [0.2, 0.25) is 5.95 Å². The van der Waals surface area contributed by atoms with E-state index in [-0.39, 0.29) is 0 Å². The van der Waals surface area contributed by atoms with E-state index in [1.54, 1.807) is 0 Å². The fourth-order valence-corrected chi connectivity index (χ4v) is 2.27. The van der Waals surface area contributed by atoms with Crippen LogP contribution in [0.4, 0.5) is 5.95 Å². The summed E-state index contributed by atoms with van der Waals surface area (Å²) < 4.78 is 0. The number of H-pyrrole nitrogens is 1. The van der Waals surface area contributed by atoms with Gasteiger partial charge in [0.05, 0.1) is 0 Å². The second-order valence-corrected chi connectivity index (χ2v) is 4.40. The molecule has 0 aliphatic carbocycles. The zero-order chi connectivity index (χ0) is 10.7. The van der Waals surface area contributed by atoms with Crippen LogP contribution in [0.1, 0.15) is 18.5 Å². The summed E-state index contributed by atoms with van der Waals surface area (Å²) in [6.45, 7) is 5.41. The molecule has 2 heterocycles. The van der Waals surface area contributed by atoms with Crippen LogP contribution >= 0.6 is 0 Å². The largest absolute Gasteiger partial charge is 0.342 e. The molecule has 1 unspecified atom stereocenters. The van der Waals surface area contributed by atoms with Gasteiger partial charge in [-0.15, -0.1) is 0 Å². The number of nitrogens with zero attached hydrogens (tertiary/aromatic N) is 2. The molecule has 1 aromatic heterocycles. The molecule has 1 aromatic rings. The van der Waals surface area contributed by atoms with Crippen LogP contribution in [0.25, 0.3) is 0 Å². The number of nitrogens with one attached hydrogen (secondary N) is 2. The van der Waals surface area contributed by atoms with Crippen LogP contribution in [-0.4, -0.2) is 36.6 Å². The maximum absolute atomic E-state index is 4.38. The molecule has 1 atom stereocenters. The first kappa shape index (κ1) is 10.5. The third kappa shape index (κ3) is 2.50. The Morgan fingerprint density at radius 3 is 3.20 bits per heavy atom. The summed E-state index contributed by atoms with van der Waals surface area (Å²) in [4.78, 5) is 10.0. The van der Waals surface area contributed by atoms with Crippen molar-refractivity contribution in [2.45, 2.75) is 19.8 Å². The van der Waals surface area contributed by atoms with Gasteiger partial charge in [-0.1, -0.05) is 0 Å². The molecule has 1 fully saturated rings. The van der Waals surface area contributed by atoms with Crippen molar-refractivity contribution in [3.63, 3.8) is 0 Å². The van der Waals surface area contributed by atoms with Crippen LogP contribution < -0.4 is 10.2 Å². The molecule has 84 valence electrons. The maximum atomic E-state index is 4.38. The van der Waals surface area contributed by atoms with Crippen LogP contribution in [-0.2, 0) is 0 Å². The molecule has 0 radical (unpaired) electrons. The predicted molar refractivity (Wildman–Crippen MR) is 62.2 cm³/mol. The van der Waals surface area contributed by atoms with Gasteiger partial charge in [-0.3, -0.25) is 0 Å². The highest BCUT2D eigenvalue weighted by atomic mass is 15.3. The summed E-state index contributed by atoms with van der Waals surface area (Å²) in [6, 6.07) is 0. The highest BCUT2D eigenvalue weighted by molar-refractivity contribution is 5.31. The number of imidazole rings is 1.